The molecule has 9 heteroatoms. The molecule has 0 spiro atoms. The molecular weight excluding hydrogens is 458 g/mol. The van der Waals surface area contributed by atoms with Gasteiger partial charge in [0, 0.05) is 38.0 Å². The summed E-state index contributed by atoms with van der Waals surface area (Å²) in [6.45, 7) is 10.5. The number of carbonyl (C=O) groups is 3. The largest absolute Gasteiger partial charge is 0.366 e. The molecule has 4 N–H and O–H groups in total. The van der Waals surface area contributed by atoms with Crippen LogP contribution in [0, 0.1) is 5.41 Å². The second-order valence-corrected chi connectivity index (χ2v) is 12.1. The van der Waals surface area contributed by atoms with Crippen LogP contribution in [0.15, 0.2) is 24.3 Å². The van der Waals surface area contributed by atoms with E-state index in [1.807, 2.05) is 32.9 Å². The molecule has 3 saturated heterocycles. The first-order chi connectivity index (χ1) is 17.1. The van der Waals surface area contributed by atoms with Gasteiger partial charge in [-0.25, -0.2) is 0 Å². The molecule has 0 radical (unpaired) electrons. The third kappa shape index (κ3) is 4.81. The Morgan fingerprint density at radius 3 is 2.47 bits per heavy atom. The van der Waals surface area contributed by atoms with Gasteiger partial charge in [0.25, 0.3) is 5.91 Å². The maximum absolute atomic E-state index is 13.6. The van der Waals surface area contributed by atoms with E-state index in [9.17, 15) is 14.4 Å². The van der Waals surface area contributed by atoms with Crippen molar-refractivity contribution in [2.24, 2.45) is 11.1 Å². The summed E-state index contributed by atoms with van der Waals surface area (Å²) in [5.41, 5.74) is 7.76. The molecule has 1 aromatic carbocycles. The van der Waals surface area contributed by atoms with Gasteiger partial charge in [-0.3, -0.25) is 18.9 Å². The van der Waals surface area contributed by atoms with Crippen LogP contribution in [0.5, 0.6) is 0 Å². The molecule has 0 aromatic heterocycles. The molecule has 4 fully saturated rings. The van der Waals surface area contributed by atoms with Gasteiger partial charge in [0.1, 0.15) is 30.5 Å². The van der Waals surface area contributed by atoms with Gasteiger partial charge >= 0.3 is 0 Å². The van der Waals surface area contributed by atoms with Gasteiger partial charge in [-0.1, -0.05) is 20.8 Å². The molecule has 0 bridgehead atoms. The molecule has 1 aromatic rings. The number of nitrogens with one attached hydrogen (secondary N) is 2. The van der Waals surface area contributed by atoms with Crippen molar-refractivity contribution in [1.82, 2.24) is 20.0 Å². The Kier molecular flexibility index (Phi) is 6.70. The van der Waals surface area contributed by atoms with Crippen molar-refractivity contribution in [3.63, 3.8) is 0 Å². The summed E-state index contributed by atoms with van der Waals surface area (Å²) in [5.74, 6) is -0.675. The Hall–Kier alpha value is -2.33. The minimum atomic E-state index is -0.755. The second kappa shape index (κ2) is 9.52. The molecule has 4 atom stereocenters. The van der Waals surface area contributed by atoms with Gasteiger partial charge in [0.2, 0.25) is 5.91 Å². The number of rotatable bonds is 6. The Morgan fingerprint density at radius 1 is 1.19 bits per heavy atom. The maximum atomic E-state index is 13.6. The highest BCUT2D eigenvalue weighted by molar-refractivity contribution is 5.99. The Labute approximate surface area is 213 Å². The molecule has 3 heterocycles. The van der Waals surface area contributed by atoms with Crippen LogP contribution in [0.25, 0.3) is 0 Å². The number of nitrogens with zero attached hydrogens (tertiary/aromatic N) is 2. The van der Waals surface area contributed by atoms with Crippen LogP contribution < -0.4 is 20.9 Å². The number of carbonyl (C=O) groups excluding carboxylic acids is 3. The lowest BCUT2D eigenvalue weighted by Crippen LogP contribution is -2.61. The average Bonchev–Trinajstić information content (AvgIpc) is 3.56. The summed E-state index contributed by atoms with van der Waals surface area (Å²) in [6.07, 6.45) is 2.50. The predicted octanol–water partition coefficient (Wildman–Crippen LogP) is 0.800. The number of nitrogens with two attached hydrogens (primary N) is 1. The van der Waals surface area contributed by atoms with Crippen LogP contribution in [0.1, 0.15) is 50.4 Å². The van der Waals surface area contributed by atoms with Crippen LogP contribution >= 0.6 is 0 Å². The third-order valence-corrected chi connectivity index (χ3v) is 8.19. The molecule has 196 valence electrons. The summed E-state index contributed by atoms with van der Waals surface area (Å²) in [7, 11) is 0. The number of hydrogen-bond acceptors (Lipinski definition) is 6. The molecule has 5 rings (SSSR count). The summed E-state index contributed by atoms with van der Waals surface area (Å²) in [6, 6.07) is 6.78. The van der Waals surface area contributed by atoms with E-state index in [4.69, 9.17) is 10.5 Å². The fourth-order valence-electron chi connectivity index (χ4n) is 6.28. The maximum Gasteiger partial charge on any atom is 0.251 e. The number of ether oxygens (including phenoxy) is 1. The van der Waals surface area contributed by atoms with Gasteiger partial charge < -0.3 is 26.0 Å². The fourth-order valence-corrected chi connectivity index (χ4v) is 6.28. The van der Waals surface area contributed by atoms with Crippen molar-refractivity contribution in [2.75, 3.05) is 39.3 Å². The van der Waals surface area contributed by atoms with E-state index in [1.54, 1.807) is 0 Å². The minimum absolute atomic E-state index is 0.0215. The number of benzene rings is 1. The van der Waals surface area contributed by atoms with E-state index < -0.39 is 24.2 Å². The molecule has 1 saturated carbocycles. The lowest BCUT2D eigenvalue weighted by atomic mass is 9.87. The molecule has 9 nitrogen and oxygen atoms in total. The number of fused-ring (bicyclic) bond motifs is 1. The van der Waals surface area contributed by atoms with Crippen molar-refractivity contribution in [3.05, 3.63) is 29.8 Å². The standard InChI is InChI=1S/C27H39N5O4/c1-27(2,3)14-21(26(35)31-15-20(28)24-23(31)22(33)16-36-24)30-25(34)17-4-6-18(7-5-17)32(19-8-9-19)12-10-29-11-13-32/h4-7,19-21,23-24,29H,8-16,28H2,1-3H3/p+1/t20-,21-,23+,24+/m0/s1. The normalized spacial score (nSPS) is 28.6. The second-order valence-electron chi connectivity index (χ2n) is 12.1. The highest BCUT2D eigenvalue weighted by Crippen LogP contribution is 2.39. The number of Topliss-reactive ketones (excluding diaryl/α,β-unsaturated/α-hetero) is 1. The first kappa shape index (κ1) is 25.3. The molecule has 36 heavy (non-hydrogen) atoms. The number of amides is 2. The van der Waals surface area contributed by atoms with E-state index in [0.717, 1.165) is 30.7 Å². The minimum Gasteiger partial charge on any atom is -0.366 e. The zero-order valence-electron chi connectivity index (χ0n) is 21.7. The van der Waals surface area contributed by atoms with Gasteiger partial charge in [0.05, 0.1) is 25.2 Å². The van der Waals surface area contributed by atoms with Gasteiger partial charge in [0.15, 0.2) is 5.78 Å². The third-order valence-electron chi connectivity index (χ3n) is 8.19. The molecular formula is C27H40N5O4+. The molecule has 4 aliphatic rings. The number of hydrogen-bond donors (Lipinski definition) is 3. The summed E-state index contributed by atoms with van der Waals surface area (Å²) >= 11 is 0. The topological polar surface area (TPSA) is 114 Å². The number of piperazine rings is 1. The number of likely N-dealkylation sites (tertiary alicyclic amines) is 1. The highest BCUT2D eigenvalue weighted by atomic mass is 16.5. The lowest BCUT2D eigenvalue weighted by Gasteiger charge is -2.41. The Balaban J connectivity index is 1.33. The van der Waals surface area contributed by atoms with Crippen molar-refractivity contribution in [2.45, 2.75) is 70.3 Å². The Bertz CT molecular complexity index is 1010. The van der Waals surface area contributed by atoms with E-state index >= 15 is 0 Å². The van der Waals surface area contributed by atoms with Crippen LogP contribution in [0.2, 0.25) is 0 Å². The van der Waals surface area contributed by atoms with Crippen molar-refractivity contribution >= 4 is 23.3 Å². The zero-order valence-corrected chi connectivity index (χ0v) is 21.7. The van der Waals surface area contributed by atoms with Gasteiger partial charge in [-0.2, -0.15) is 0 Å². The lowest BCUT2D eigenvalue weighted by molar-refractivity contribution is -0.138. The highest BCUT2D eigenvalue weighted by Gasteiger charge is 2.52. The van der Waals surface area contributed by atoms with E-state index in [0.29, 0.717) is 18.0 Å². The first-order valence-electron chi connectivity index (χ1n) is 13.3. The predicted molar refractivity (Wildman–Crippen MR) is 137 cm³/mol. The monoisotopic (exact) mass is 498 g/mol. The van der Waals surface area contributed by atoms with Crippen molar-refractivity contribution < 1.29 is 19.1 Å². The van der Waals surface area contributed by atoms with Crippen LogP contribution in [-0.2, 0) is 14.3 Å². The quantitative estimate of drug-likeness (QED) is 0.500. The number of ketones is 1. The van der Waals surface area contributed by atoms with E-state index in [2.05, 4.69) is 22.8 Å². The van der Waals surface area contributed by atoms with Crippen molar-refractivity contribution in [1.29, 1.82) is 0 Å². The van der Waals surface area contributed by atoms with Crippen LogP contribution in [0.4, 0.5) is 5.69 Å². The molecule has 2 amide bonds. The van der Waals surface area contributed by atoms with E-state index in [1.165, 1.54) is 23.4 Å². The van der Waals surface area contributed by atoms with Crippen molar-refractivity contribution in [3.8, 4) is 0 Å². The summed E-state index contributed by atoms with van der Waals surface area (Å²) < 4.78 is 6.54. The SMILES string of the molecule is CC(C)(C)C[C@H](NC(=O)c1ccc([N+]2(C3CC3)CCNCC2)cc1)C(=O)N1C[C@H](N)[C@H]2OCC(=O)[C@H]21. The Morgan fingerprint density at radius 2 is 1.86 bits per heavy atom. The molecule has 1 aliphatic carbocycles. The average molecular weight is 499 g/mol. The van der Waals surface area contributed by atoms with Crippen LogP contribution in [-0.4, -0.2) is 92.1 Å². The van der Waals surface area contributed by atoms with Gasteiger partial charge in [-0.15, -0.1) is 0 Å². The zero-order chi connectivity index (χ0) is 25.7. The number of quaternary nitrogens is 1. The first-order valence-corrected chi connectivity index (χ1v) is 13.3. The van der Waals surface area contributed by atoms with Gasteiger partial charge in [-0.05, 0) is 36.1 Å². The summed E-state index contributed by atoms with van der Waals surface area (Å²) in [5, 5.41) is 6.44. The smallest absolute Gasteiger partial charge is 0.251 e. The molecule has 3 aliphatic heterocycles. The summed E-state index contributed by atoms with van der Waals surface area (Å²) in [4.78, 5) is 40.9. The molecule has 0 unspecified atom stereocenters. The fraction of sp³-hybridized carbons (Fsp3) is 0.667. The van der Waals surface area contributed by atoms with E-state index in [-0.39, 0.29) is 36.2 Å². The van der Waals surface area contributed by atoms with Crippen LogP contribution in [0.3, 0.4) is 0 Å².